The van der Waals surface area contributed by atoms with Crippen LogP contribution in [0.4, 0.5) is 4.79 Å². The van der Waals surface area contributed by atoms with Gasteiger partial charge in [0.05, 0.1) is 11.5 Å². The number of aryl methyl sites for hydroxylation is 1. The Morgan fingerprint density at radius 1 is 1.24 bits per heavy atom. The molecular weight excluding hydrogens is 342 g/mol. The van der Waals surface area contributed by atoms with Crippen LogP contribution >= 0.6 is 0 Å². The summed E-state index contributed by atoms with van der Waals surface area (Å²) in [5.74, 6) is -0.0264. The molecule has 2 rings (SSSR count). The third kappa shape index (κ3) is 6.01. The average molecular weight is 369 g/mol. The Hall–Kier alpha value is -1.60. The van der Waals surface area contributed by atoms with Crippen molar-refractivity contribution >= 4 is 16.2 Å². The molecule has 1 aliphatic heterocycles. The van der Waals surface area contributed by atoms with Gasteiger partial charge in [-0.2, -0.15) is 8.42 Å². The number of nitrogens with zero attached hydrogens (tertiary/aromatic N) is 1. The Kier molecular flexibility index (Phi) is 6.11. The maximum atomic E-state index is 12.3. The lowest BCUT2D eigenvalue weighted by molar-refractivity contribution is 0.0142. The van der Waals surface area contributed by atoms with Gasteiger partial charge in [0.25, 0.3) is 10.1 Å². The highest BCUT2D eigenvalue weighted by molar-refractivity contribution is 7.86. The van der Waals surface area contributed by atoms with Gasteiger partial charge in [-0.15, -0.1) is 0 Å². The summed E-state index contributed by atoms with van der Waals surface area (Å²) in [6, 6.07) is 6.55. The first-order valence-electron chi connectivity index (χ1n) is 8.51. The predicted octanol–water partition coefficient (Wildman–Crippen LogP) is 3.35. The summed E-state index contributed by atoms with van der Waals surface area (Å²) < 4.78 is 35.1. The number of hydrogen-bond acceptors (Lipinski definition) is 5. The summed E-state index contributed by atoms with van der Waals surface area (Å²) in [4.78, 5) is 13.9. The van der Waals surface area contributed by atoms with Crippen molar-refractivity contribution in [2.24, 2.45) is 5.92 Å². The first kappa shape index (κ1) is 19.7. The molecule has 1 heterocycles. The van der Waals surface area contributed by atoms with E-state index in [-0.39, 0.29) is 23.5 Å². The second-order valence-electron chi connectivity index (χ2n) is 7.49. The molecule has 1 fully saturated rings. The van der Waals surface area contributed by atoms with Crippen LogP contribution in [0.5, 0.6) is 0 Å². The number of carbonyl (C=O) groups is 1. The summed E-state index contributed by atoms with van der Waals surface area (Å²) in [6.45, 7) is 8.49. The summed E-state index contributed by atoms with van der Waals surface area (Å²) >= 11 is 0. The summed E-state index contributed by atoms with van der Waals surface area (Å²) in [5, 5.41) is 0. The molecule has 0 aliphatic carbocycles. The van der Waals surface area contributed by atoms with E-state index >= 15 is 0 Å². The van der Waals surface area contributed by atoms with Crippen LogP contribution in [0.2, 0.25) is 0 Å². The van der Waals surface area contributed by atoms with E-state index in [2.05, 4.69) is 0 Å². The van der Waals surface area contributed by atoms with E-state index in [0.717, 1.165) is 18.4 Å². The van der Waals surface area contributed by atoms with Crippen LogP contribution in [0.25, 0.3) is 0 Å². The molecule has 0 bridgehead atoms. The van der Waals surface area contributed by atoms with Gasteiger partial charge >= 0.3 is 6.09 Å². The van der Waals surface area contributed by atoms with Gasteiger partial charge in [-0.05, 0) is 52.7 Å². The number of ether oxygens (including phenoxy) is 1. The number of piperidine rings is 1. The number of hydrogen-bond donors (Lipinski definition) is 0. The maximum absolute atomic E-state index is 12.3. The first-order valence-corrected chi connectivity index (χ1v) is 9.92. The van der Waals surface area contributed by atoms with Gasteiger partial charge in [0.1, 0.15) is 5.60 Å². The summed E-state index contributed by atoms with van der Waals surface area (Å²) in [7, 11) is -3.78. The minimum absolute atomic E-state index is 0.0264. The van der Waals surface area contributed by atoms with Gasteiger partial charge in [-0.1, -0.05) is 17.7 Å². The molecule has 1 atom stereocenters. The standard InChI is InChI=1S/C18H27NO5S/c1-14-7-9-16(10-8-14)25(21,22)23-13-15-6-5-11-19(12-15)17(20)24-18(2,3)4/h7-10,15H,5-6,11-13H2,1-4H3/t15-/m0/s1. The van der Waals surface area contributed by atoms with Crippen LogP contribution in [0.15, 0.2) is 29.2 Å². The van der Waals surface area contributed by atoms with Crippen LogP contribution in [-0.2, 0) is 19.0 Å². The van der Waals surface area contributed by atoms with Crippen molar-refractivity contribution in [3.05, 3.63) is 29.8 Å². The molecule has 1 saturated heterocycles. The molecule has 0 spiro atoms. The Balaban J connectivity index is 1.92. The Bertz CT molecular complexity index is 691. The molecule has 140 valence electrons. The SMILES string of the molecule is Cc1ccc(S(=O)(=O)OC[C@H]2CCCN(C(=O)OC(C)(C)C)C2)cc1. The Morgan fingerprint density at radius 2 is 1.88 bits per heavy atom. The highest BCUT2D eigenvalue weighted by Gasteiger charge is 2.29. The fourth-order valence-corrected chi connectivity index (χ4v) is 3.63. The van der Waals surface area contributed by atoms with Crippen LogP contribution in [-0.4, -0.2) is 44.7 Å². The topological polar surface area (TPSA) is 72.9 Å². The number of rotatable bonds is 4. The number of amides is 1. The highest BCUT2D eigenvalue weighted by atomic mass is 32.2. The summed E-state index contributed by atoms with van der Waals surface area (Å²) in [6.07, 6.45) is 1.26. The second-order valence-corrected chi connectivity index (χ2v) is 9.10. The smallest absolute Gasteiger partial charge is 0.410 e. The molecule has 0 saturated carbocycles. The maximum Gasteiger partial charge on any atom is 0.410 e. The number of carbonyl (C=O) groups excluding carboxylic acids is 1. The molecule has 7 heteroatoms. The van der Waals surface area contributed by atoms with Crippen LogP contribution < -0.4 is 0 Å². The predicted molar refractivity (Wildman–Crippen MR) is 94.8 cm³/mol. The van der Waals surface area contributed by atoms with Gasteiger partial charge in [-0.3, -0.25) is 4.18 Å². The van der Waals surface area contributed by atoms with E-state index in [4.69, 9.17) is 8.92 Å². The lowest BCUT2D eigenvalue weighted by atomic mass is 9.99. The van der Waals surface area contributed by atoms with Crippen molar-refractivity contribution in [1.82, 2.24) is 4.90 Å². The Labute approximate surface area is 150 Å². The van der Waals surface area contributed by atoms with Crippen LogP contribution in [0.1, 0.15) is 39.2 Å². The highest BCUT2D eigenvalue weighted by Crippen LogP contribution is 2.21. The molecule has 0 radical (unpaired) electrons. The molecule has 1 amide bonds. The van der Waals surface area contributed by atoms with Gasteiger partial charge in [0.15, 0.2) is 0 Å². The fourth-order valence-electron chi connectivity index (χ4n) is 2.65. The van der Waals surface area contributed by atoms with Gasteiger partial charge in [0.2, 0.25) is 0 Å². The number of benzene rings is 1. The van der Waals surface area contributed by atoms with Crippen molar-refractivity contribution in [2.45, 2.75) is 51.0 Å². The zero-order valence-electron chi connectivity index (χ0n) is 15.3. The van der Waals surface area contributed by atoms with Crippen molar-refractivity contribution in [1.29, 1.82) is 0 Å². The van der Waals surface area contributed by atoms with Gasteiger partial charge in [-0.25, -0.2) is 4.79 Å². The Morgan fingerprint density at radius 3 is 2.48 bits per heavy atom. The monoisotopic (exact) mass is 369 g/mol. The van der Waals surface area contributed by atoms with Gasteiger partial charge in [0, 0.05) is 19.0 Å². The molecule has 0 N–H and O–H groups in total. The zero-order chi connectivity index (χ0) is 18.7. The normalized spacial score (nSPS) is 18.9. The molecule has 1 aromatic carbocycles. The van der Waals surface area contributed by atoms with Gasteiger partial charge < -0.3 is 9.64 Å². The molecule has 6 nitrogen and oxygen atoms in total. The lowest BCUT2D eigenvalue weighted by Crippen LogP contribution is -2.44. The minimum atomic E-state index is -3.78. The van der Waals surface area contributed by atoms with Crippen molar-refractivity contribution in [3.8, 4) is 0 Å². The average Bonchev–Trinajstić information content (AvgIpc) is 2.52. The third-order valence-electron chi connectivity index (χ3n) is 3.94. The van der Waals surface area contributed by atoms with E-state index in [1.54, 1.807) is 29.2 Å². The molecular formula is C18H27NO5S. The molecule has 1 aliphatic rings. The largest absolute Gasteiger partial charge is 0.444 e. The quantitative estimate of drug-likeness (QED) is 0.761. The molecule has 25 heavy (non-hydrogen) atoms. The summed E-state index contributed by atoms with van der Waals surface area (Å²) in [5.41, 5.74) is 0.439. The van der Waals surface area contributed by atoms with E-state index in [0.29, 0.717) is 13.1 Å². The van der Waals surface area contributed by atoms with Crippen LogP contribution in [0.3, 0.4) is 0 Å². The lowest BCUT2D eigenvalue weighted by Gasteiger charge is -2.33. The van der Waals surface area contributed by atoms with Crippen molar-refractivity contribution < 1.29 is 22.1 Å². The molecule has 1 aromatic rings. The van der Waals surface area contributed by atoms with E-state index < -0.39 is 15.7 Å². The molecule has 0 aromatic heterocycles. The first-order chi connectivity index (χ1) is 11.6. The minimum Gasteiger partial charge on any atom is -0.444 e. The van der Waals surface area contributed by atoms with E-state index in [1.807, 2.05) is 27.7 Å². The van der Waals surface area contributed by atoms with Crippen molar-refractivity contribution in [2.75, 3.05) is 19.7 Å². The fraction of sp³-hybridized carbons (Fsp3) is 0.611. The zero-order valence-corrected chi connectivity index (χ0v) is 16.1. The number of likely N-dealkylation sites (tertiary alicyclic amines) is 1. The van der Waals surface area contributed by atoms with Crippen LogP contribution in [0, 0.1) is 12.8 Å². The van der Waals surface area contributed by atoms with E-state index in [9.17, 15) is 13.2 Å². The molecule has 0 unspecified atom stereocenters. The second kappa shape index (κ2) is 7.74. The van der Waals surface area contributed by atoms with Crippen molar-refractivity contribution in [3.63, 3.8) is 0 Å². The van der Waals surface area contributed by atoms with E-state index in [1.165, 1.54) is 0 Å². The third-order valence-corrected chi connectivity index (χ3v) is 5.24.